The maximum absolute atomic E-state index is 10.6. The lowest BCUT2D eigenvalue weighted by Gasteiger charge is -2.06. The Bertz CT molecular complexity index is 348. The monoisotopic (exact) mass is 214 g/mol. The van der Waals surface area contributed by atoms with Crippen LogP contribution in [0.3, 0.4) is 0 Å². The Morgan fingerprint density at radius 1 is 1.73 bits per heavy atom. The SMILES string of the molecule is CCOc1noc(C)c1CC(N)C(=O)O. The molecule has 0 radical (unpaired) electrons. The molecule has 1 heterocycles. The predicted molar refractivity (Wildman–Crippen MR) is 51.7 cm³/mol. The van der Waals surface area contributed by atoms with Crippen molar-refractivity contribution in [1.29, 1.82) is 0 Å². The third-order valence-electron chi connectivity index (χ3n) is 1.97. The van der Waals surface area contributed by atoms with Crippen LogP contribution >= 0.6 is 0 Å². The lowest BCUT2D eigenvalue weighted by Crippen LogP contribution is -2.32. The van der Waals surface area contributed by atoms with E-state index in [4.69, 9.17) is 20.1 Å². The largest absolute Gasteiger partial charge is 0.480 e. The molecular formula is C9H14N2O4. The molecule has 1 unspecified atom stereocenters. The molecule has 1 rings (SSSR count). The van der Waals surface area contributed by atoms with Gasteiger partial charge in [-0.15, -0.1) is 0 Å². The number of hydrogen-bond donors (Lipinski definition) is 2. The van der Waals surface area contributed by atoms with Gasteiger partial charge in [0.1, 0.15) is 11.8 Å². The summed E-state index contributed by atoms with van der Waals surface area (Å²) >= 11 is 0. The number of aryl methyl sites for hydroxylation is 1. The van der Waals surface area contributed by atoms with Gasteiger partial charge in [-0.05, 0) is 19.0 Å². The van der Waals surface area contributed by atoms with E-state index in [1.807, 2.05) is 6.92 Å². The maximum Gasteiger partial charge on any atom is 0.320 e. The molecule has 0 aliphatic rings. The quantitative estimate of drug-likeness (QED) is 0.733. The van der Waals surface area contributed by atoms with Crippen molar-refractivity contribution in [3.8, 4) is 5.88 Å². The van der Waals surface area contributed by atoms with Crippen LogP contribution in [-0.2, 0) is 11.2 Å². The highest BCUT2D eigenvalue weighted by Crippen LogP contribution is 2.22. The molecule has 1 aromatic rings. The minimum atomic E-state index is -1.06. The number of carboxylic acids is 1. The van der Waals surface area contributed by atoms with Crippen molar-refractivity contribution < 1.29 is 19.2 Å². The summed E-state index contributed by atoms with van der Waals surface area (Å²) in [6.07, 6.45) is 0.153. The summed E-state index contributed by atoms with van der Waals surface area (Å²) < 4.78 is 10.1. The highest BCUT2D eigenvalue weighted by atomic mass is 16.5. The zero-order chi connectivity index (χ0) is 11.4. The highest BCUT2D eigenvalue weighted by molar-refractivity contribution is 5.73. The molecule has 0 spiro atoms. The summed E-state index contributed by atoms with van der Waals surface area (Å²) in [7, 11) is 0. The molecular weight excluding hydrogens is 200 g/mol. The van der Waals surface area contributed by atoms with Gasteiger partial charge in [-0.1, -0.05) is 0 Å². The molecule has 0 aliphatic carbocycles. The van der Waals surface area contributed by atoms with Crippen LogP contribution in [0.2, 0.25) is 0 Å². The summed E-state index contributed by atoms with van der Waals surface area (Å²) in [5.41, 5.74) is 6.03. The van der Waals surface area contributed by atoms with Gasteiger partial charge in [0, 0.05) is 6.42 Å². The van der Waals surface area contributed by atoms with Gasteiger partial charge in [0.05, 0.1) is 12.2 Å². The topological polar surface area (TPSA) is 98.6 Å². The molecule has 0 saturated heterocycles. The van der Waals surface area contributed by atoms with Crippen molar-refractivity contribution in [2.75, 3.05) is 6.61 Å². The number of aromatic nitrogens is 1. The average Bonchev–Trinajstić information content (AvgIpc) is 2.50. The first-order valence-electron chi connectivity index (χ1n) is 4.62. The zero-order valence-electron chi connectivity index (χ0n) is 8.69. The van der Waals surface area contributed by atoms with E-state index in [-0.39, 0.29) is 6.42 Å². The van der Waals surface area contributed by atoms with E-state index in [1.54, 1.807) is 6.92 Å². The van der Waals surface area contributed by atoms with E-state index in [1.165, 1.54) is 0 Å². The maximum atomic E-state index is 10.6. The molecule has 0 fully saturated rings. The first kappa shape index (κ1) is 11.5. The molecule has 0 aliphatic heterocycles. The average molecular weight is 214 g/mol. The van der Waals surface area contributed by atoms with E-state index in [0.29, 0.717) is 23.8 Å². The van der Waals surface area contributed by atoms with Crippen LogP contribution in [0.5, 0.6) is 5.88 Å². The Morgan fingerprint density at radius 2 is 2.40 bits per heavy atom. The van der Waals surface area contributed by atoms with Crippen LogP contribution in [0, 0.1) is 6.92 Å². The summed E-state index contributed by atoms with van der Waals surface area (Å²) in [5, 5.41) is 12.3. The van der Waals surface area contributed by atoms with Crippen molar-refractivity contribution in [3.05, 3.63) is 11.3 Å². The second-order valence-corrected chi connectivity index (χ2v) is 3.10. The summed E-state index contributed by atoms with van der Waals surface area (Å²) in [4.78, 5) is 10.6. The molecule has 0 saturated carbocycles. The van der Waals surface area contributed by atoms with Gasteiger partial charge in [-0.2, -0.15) is 0 Å². The third kappa shape index (κ3) is 2.69. The summed E-state index contributed by atoms with van der Waals surface area (Å²) in [6.45, 7) is 3.95. The fourth-order valence-corrected chi connectivity index (χ4v) is 1.16. The Kier molecular flexibility index (Phi) is 3.68. The van der Waals surface area contributed by atoms with Gasteiger partial charge in [-0.3, -0.25) is 4.79 Å². The fourth-order valence-electron chi connectivity index (χ4n) is 1.16. The third-order valence-corrected chi connectivity index (χ3v) is 1.97. The number of carboxylic acid groups (broad SMARTS) is 1. The molecule has 1 aromatic heterocycles. The van der Waals surface area contributed by atoms with Gasteiger partial charge >= 0.3 is 5.97 Å². The van der Waals surface area contributed by atoms with Gasteiger partial charge in [0.2, 0.25) is 0 Å². The van der Waals surface area contributed by atoms with Crippen molar-refractivity contribution in [1.82, 2.24) is 5.16 Å². The first-order chi connectivity index (χ1) is 7.06. The lowest BCUT2D eigenvalue weighted by atomic mass is 10.1. The zero-order valence-corrected chi connectivity index (χ0v) is 8.69. The normalized spacial score (nSPS) is 12.5. The molecule has 6 heteroatoms. The van der Waals surface area contributed by atoms with Gasteiger partial charge < -0.3 is 20.1 Å². The van der Waals surface area contributed by atoms with E-state index in [2.05, 4.69) is 5.16 Å². The van der Waals surface area contributed by atoms with E-state index >= 15 is 0 Å². The van der Waals surface area contributed by atoms with Crippen LogP contribution in [0.25, 0.3) is 0 Å². The van der Waals surface area contributed by atoms with Crippen molar-refractivity contribution in [2.24, 2.45) is 5.73 Å². The minimum Gasteiger partial charge on any atom is -0.480 e. The van der Waals surface area contributed by atoms with Crippen LogP contribution in [0.15, 0.2) is 4.52 Å². The second-order valence-electron chi connectivity index (χ2n) is 3.10. The number of nitrogens with two attached hydrogens (primary N) is 1. The van der Waals surface area contributed by atoms with Gasteiger partial charge in [0.25, 0.3) is 5.88 Å². The van der Waals surface area contributed by atoms with E-state index in [0.717, 1.165) is 0 Å². The van der Waals surface area contributed by atoms with Gasteiger partial charge in [0.15, 0.2) is 0 Å². The predicted octanol–water partition coefficient (Wildman–Crippen LogP) is 0.336. The number of hydrogen-bond acceptors (Lipinski definition) is 5. The number of ether oxygens (including phenoxy) is 1. The Morgan fingerprint density at radius 3 is 2.93 bits per heavy atom. The number of rotatable bonds is 5. The molecule has 84 valence electrons. The van der Waals surface area contributed by atoms with Gasteiger partial charge in [-0.25, -0.2) is 0 Å². The molecule has 0 aromatic carbocycles. The highest BCUT2D eigenvalue weighted by Gasteiger charge is 2.20. The van der Waals surface area contributed by atoms with Crippen LogP contribution in [0.4, 0.5) is 0 Å². The standard InChI is InChI=1S/C9H14N2O4/c1-3-14-8-6(5(2)15-11-8)4-7(10)9(12)13/h7H,3-4,10H2,1-2H3,(H,12,13). The summed E-state index contributed by atoms with van der Waals surface area (Å²) in [6, 6.07) is -0.970. The fraction of sp³-hybridized carbons (Fsp3) is 0.556. The Hall–Kier alpha value is -1.56. The van der Waals surface area contributed by atoms with Crippen molar-refractivity contribution in [3.63, 3.8) is 0 Å². The molecule has 6 nitrogen and oxygen atoms in total. The number of carbonyl (C=O) groups is 1. The van der Waals surface area contributed by atoms with E-state index < -0.39 is 12.0 Å². The lowest BCUT2D eigenvalue weighted by molar-refractivity contribution is -0.138. The second kappa shape index (κ2) is 4.79. The molecule has 15 heavy (non-hydrogen) atoms. The first-order valence-corrected chi connectivity index (χ1v) is 4.62. The molecule has 3 N–H and O–H groups in total. The summed E-state index contributed by atoms with van der Waals surface area (Å²) in [5.74, 6) is -0.195. The molecule has 0 bridgehead atoms. The van der Waals surface area contributed by atoms with E-state index in [9.17, 15) is 4.79 Å². The number of nitrogens with zero attached hydrogens (tertiary/aromatic N) is 1. The Balaban J connectivity index is 2.82. The van der Waals surface area contributed by atoms with Crippen molar-refractivity contribution >= 4 is 5.97 Å². The number of aliphatic carboxylic acids is 1. The smallest absolute Gasteiger partial charge is 0.320 e. The minimum absolute atomic E-state index is 0.153. The molecule has 1 atom stereocenters. The van der Waals surface area contributed by atoms with Crippen molar-refractivity contribution in [2.45, 2.75) is 26.3 Å². The Labute approximate surface area is 87.0 Å². The van der Waals surface area contributed by atoms with Crippen LogP contribution < -0.4 is 10.5 Å². The molecule has 0 amide bonds. The van der Waals surface area contributed by atoms with Crippen LogP contribution in [0.1, 0.15) is 18.2 Å². The van der Waals surface area contributed by atoms with Crippen LogP contribution in [-0.4, -0.2) is 28.9 Å².